The van der Waals surface area contributed by atoms with Gasteiger partial charge >= 0.3 is 6.18 Å². The highest BCUT2D eigenvalue weighted by atomic mass is 19.4. The number of alkyl halides is 5. The number of nitrogens with zero attached hydrogens (tertiary/aromatic N) is 1. The van der Waals surface area contributed by atoms with Crippen molar-refractivity contribution in [2.24, 2.45) is 5.73 Å². The summed E-state index contributed by atoms with van der Waals surface area (Å²) in [6, 6.07) is 0. The highest BCUT2D eigenvalue weighted by Crippen LogP contribution is 2.42. The SMILES string of the molecule is COc1c(C(F)F)cnc(CN)c1C(F)(F)F. The maximum atomic E-state index is 12.7. The fourth-order valence-corrected chi connectivity index (χ4v) is 1.37. The molecule has 0 fully saturated rings. The number of ether oxygens (including phenoxy) is 1. The summed E-state index contributed by atoms with van der Waals surface area (Å²) in [5.41, 5.74) is 2.31. The monoisotopic (exact) mass is 256 g/mol. The summed E-state index contributed by atoms with van der Waals surface area (Å²) in [6.07, 6.45) is -7.32. The molecular weight excluding hydrogens is 247 g/mol. The zero-order chi connectivity index (χ0) is 13.2. The number of halogens is 5. The predicted octanol–water partition coefficient (Wildman–Crippen LogP) is 2.51. The zero-order valence-electron chi connectivity index (χ0n) is 8.68. The van der Waals surface area contributed by atoms with E-state index in [4.69, 9.17) is 5.73 Å². The van der Waals surface area contributed by atoms with Crippen LogP contribution in [0, 0.1) is 0 Å². The van der Waals surface area contributed by atoms with E-state index in [1.165, 1.54) is 0 Å². The van der Waals surface area contributed by atoms with E-state index in [-0.39, 0.29) is 0 Å². The number of hydrogen-bond acceptors (Lipinski definition) is 3. The summed E-state index contributed by atoms with van der Waals surface area (Å²) in [5.74, 6) is -0.928. The van der Waals surface area contributed by atoms with Gasteiger partial charge in [-0.15, -0.1) is 0 Å². The van der Waals surface area contributed by atoms with Gasteiger partial charge in [0.25, 0.3) is 6.43 Å². The second kappa shape index (κ2) is 4.82. The molecule has 1 rings (SSSR count). The van der Waals surface area contributed by atoms with Gasteiger partial charge in [0.15, 0.2) is 0 Å². The largest absolute Gasteiger partial charge is 0.495 e. The van der Waals surface area contributed by atoms with Crippen LogP contribution < -0.4 is 10.5 Å². The van der Waals surface area contributed by atoms with Crippen LogP contribution in [0.5, 0.6) is 5.75 Å². The quantitative estimate of drug-likeness (QED) is 0.845. The Morgan fingerprint density at radius 3 is 2.35 bits per heavy atom. The van der Waals surface area contributed by atoms with E-state index in [2.05, 4.69) is 9.72 Å². The summed E-state index contributed by atoms with van der Waals surface area (Å²) < 4.78 is 67.5. The van der Waals surface area contributed by atoms with Gasteiger partial charge in [-0.2, -0.15) is 13.2 Å². The van der Waals surface area contributed by atoms with E-state index in [1.807, 2.05) is 0 Å². The van der Waals surface area contributed by atoms with Gasteiger partial charge in [-0.25, -0.2) is 8.78 Å². The van der Waals surface area contributed by atoms with Gasteiger partial charge in [-0.3, -0.25) is 4.98 Å². The maximum absolute atomic E-state index is 12.7. The number of hydrogen-bond donors (Lipinski definition) is 1. The Hall–Kier alpha value is -1.44. The molecule has 0 saturated carbocycles. The van der Waals surface area contributed by atoms with Crippen LogP contribution in [-0.4, -0.2) is 12.1 Å². The van der Waals surface area contributed by atoms with Crippen LogP contribution in [0.1, 0.15) is 23.2 Å². The van der Waals surface area contributed by atoms with Crippen LogP contribution in [0.2, 0.25) is 0 Å². The van der Waals surface area contributed by atoms with Gasteiger partial charge in [0.05, 0.1) is 18.4 Å². The first-order valence-corrected chi connectivity index (χ1v) is 4.44. The molecule has 0 spiro atoms. The van der Waals surface area contributed by atoms with Crippen molar-refractivity contribution in [3.8, 4) is 5.75 Å². The topological polar surface area (TPSA) is 48.1 Å². The third kappa shape index (κ3) is 2.63. The fourth-order valence-electron chi connectivity index (χ4n) is 1.37. The fraction of sp³-hybridized carbons (Fsp3) is 0.444. The predicted molar refractivity (Wildman–Crippen MR) is 48.6 cm³/mol. The molecule has 0 radical (unpaired) electrons. The Morgan fingerprint density at radius 2 is 2.00 bits per heavy atom. The van der Waals surface area contributed by atoms with E-state index in [1.54, 1.807) is 0 Å². The lowest BCUT2D eigenvalue weighted by Gasteiger charge is -2.17. The third-order valence-electron chi connectivity index (χ3n) is 2.05. The van der Waals surface area contributed by atoms with Crippen molar-refractivity contribution in [3.63, 3.8) is 0 Å². The minimum absolute atomic E-state index is 0.519. The second-order valence-electron chi connectivity index (χ2n) is 3.07. The minimum atomic E-state index is -4.85. The summed E-state index contributed by atoms with van der Waals surface area (Å²) in [7, 11) is 0.886. The normalized spacial score (nSPS) is 12.0. The van der Waals surface area contributed by atoms with Gasteiger partial charge < -0.3 is 10.5 Å². The van der Waals surface area contributed by atoms with E-state index in [9.17, 15) is 22.0 Å². The third-order valence-corrected chi connectivity index (χ3v) is 2.05. The molecule has 1 aromatic heterocycles. The molecule has 1 heterocycles. The molecule has 0 unspecified atom stereocenters. The van der Waals surface area contributed by atoms with Gasteiger partial charge in [0.2, 0.25) is 0 Å². The lowest BCUT2D eigenvalue weighted by atomic mass is 10.1. The molecule has 0 atom stereocenters. The molecule has 96 valence electrons. The summed E-state index contributed by atoms with van der Waals surface area (Å²) in [6.45, 7) is -0.519. The minimum Gasteiger partial charge on any atom is -0.495 e. The molecular formula is C9H9F5N2O. The van der Waals surface area contributed by atoms with Crippen LogP contribution in [0.15, 0.2) is 6.20 Å². The Bertz CT molecular complexity index is 405. The average molecular weight is 256 g/mol. The smallest absolute Gasteiger partial charge is 0.421 e. The molecule has 0 bridgehead atoms. The van der Waals surface area contributed by atoms with E-state index < -0.39 is 41.7 Å². The molecule has 0 aliphatic carbocycles. The Labute approximate surface area is 93.4 Å². The Kier molecular flexibility index (Phi) is 3.87. The first-order chi connectivity index (χ1) is 7.82. The Morgan fingerprint density at radius 1 is 1.41 bits per heavy atom. The highest BCUT2D eigenvalue weighted by molar-refractivity contribution is 5.45. The van der Waals surface area contributed by atoms with Crippen molar-refractivity contribution in [2.45, 2.75) is 19.1 Å². The van der Waals surface area contributed by atoms with Gasteiger partial charge in [-0.05, 0) is 0 Å². The van der Waals surface area contributed by atoms with Crippen molar-refractivity contribution in [2.75, 3.05) is 7.11 Å². The van der Waals surface area contributed by atoms with Crippen molar-refractivity contribution in [1.29, 1.82) is 0 Å². The van der Waals surface area contributed by atoms with Crippen molar-refractivity contribution in [1.82, 2.24) is 4.98 Å². The number of pyridine rings is 1. The van der Waals surface area contributed by atoms with E-state index in [0.29, 0.717) is 6.20 Å². The first-order valence-electron chi connectivity index (χ1n) is 4.44. The summed E-state index contributed by atoms with van der Waals surface area (Å²) in [4.78, 5) is 3.29. The lowest BCUT2D eigenvalue weighted by molar-refractivity contribution is -0.139. The van der Waals surface area contributed by atoms with Crippen LogP contribution in [0.25, 0.3) is 0 Å². The van der Waals surface area contributed by atoms with Gasteiger partial charge in [-0.1, -0.05) is 0 Å². The van der Waals surface area contributed by atoms with Crippen molar-refractivity contribution < 1.29 is 26.7 Å². The number of nitrogens with two attached hydrogens (primary N) is 1. The number of rotatable bonds is 3. The van der Waals surface area contributed by atoms with Crippen molar-refractivity contribution in [3.05, 3.63) is 23.0 Å². The van der Waals surface area contributed by atoms with Crippen LogP contribution in [-0.2, 0) is 12.7 Å². The van der Waals surface area contributed by atoms with E-state index >= 15 is 0 Å². The van der Waals surface area contributed by atoms with E-state index in [0.717, 1.165) is 7.11 Å². The molecule has 0 aromatic carbocycles. The molecule has 8 heteroatoms. The molecule has 0 saturated heterocycles. The molecule has 0 aliphatic heterocycles. The molecule has 0 amide bonds. The van der Waals surface area contributed by atoms with Crippen LogP contribution >= 0.6 is 0 Å². The first kappa shape index (κ1) is 13.6. The van der Waals surface area contributed by atoms with Crippen LogP contribution in [0.4, 0.5) is 22.0 Å². The molecule has 17 heavy (non-hydrogen) atoms. The number of methoxy groups -OCH3 is 1. The molecule has 3 nitrogen and oxygen atoms in total. The molecule has 1 aromatic rings. The number of aromatic nitrogens is 1. The Balaban J connectivity index is 3.55. The molecule has 2 N–H and O–H groups in total. The second-order valence-corrected chi connectivity index (χ2v) is 3.07. The molecule has 0 aliphatic rings. The highest BCUT2D eigenvalue weighted by Gasteiger charge is 2.39. The van der Waals surface area contributed by atoms with Crippen molar-refractivity contribution >= 4 is 0 Å². The van der Waals surface area contributed by atoms with Gasteiger partial charge in [0.1, 0.15) is 11.3 Å². The summed E-state index contributed by atoms with van der Waals surface area (Å²) >= 11 is 0. The lowest BCUT2D eigenvalue weighted by Crippen LogP contribution is -2.17. The zero-order valence-corrected chi connectivity index (χ0v) is 8.68. The standard InChI is InChI=1S/C9H9F5N2O/c1-17-7-4(8(10)11)3-16-5(2-15)6(7)9(12,13)14/h3,8H,2,15H2,1H3. The average Bonchev–Trinajstić information content (AvgIpc) is 2.25. The summed E-state index contributed by atoms with van der Waals surface area (Å²) in [5, 5.41) is 0. The van der Waals surface area contributed by atoms with Crippen LogP contribution in [0.3, 0.4) is 0 Å². The van der Waals surface area contributed by atoms with Gasteiger partial charge in [0, 0.05) is 12.7 Å². The maximum Gasteiger partial charge on any atom is 0.421 e.